The summed E-state index contributed by atoms with van der Waals surface area (Å²) in [6.45, 7) is 0. The van der Waals surface area contributed by atoms with Crippen LogP contribution in [0.4, 0.5) is 0 Å². The Morgan fingerprint density at radius 3 is 2.77 bits per heavy atom. The van der Waals surface area contributed by atoms with Crippen LogP contribution >= 0.6 is 0 Å². The van der Waals surface area contributed by atoms with Gasteiger partial charge in [0.05, 0.1) is 11.7 Å². The summed E-state index contributed by atoms with van der Waals surface area (Å²) in [4.78, 5) is 17.4. The van der Waals surface area contributed by atoms with Crippen molar-refractivity contribution >= 4 is 16.8 Å². The number of rotatable bonds is 5. The molecule has 1 aliphatic carbocycles. The number of pyridine rings is 1. The van der Waals surface area contributed by atoms with Gasteiger partial charge in [-0.25, -0.2) is 0 Å². The molecule has 5 nitrogen and oxygen atoms in total. The summed E-state index contributed by atoms with van der Waals surface area (Å²) in [5, 5.41) is 13.9. The van der Waals surface area contributed by atoms with Gasteiger partial charge in [0.25, 0.3) is 5.91 Å². The number of hydrogen-bond donors (Lipinski definition) is 2. The highest BCUT2D eigenvalue weighted by molar-refractivity contribution is 6.07. The van der Waals surface area contributed by atoms with Crippen LogP contribution in [0.25, 0.3) is 10.9 Å². The van der Waals surface area contributed by atoms with E-state index in [1.54, 1.807) is 6.20 Å². The van der Waals surface area contributed by atoms with Gasteiger partial charge in [-0.2, -0.15) is 0 Å². The van der Waals surface area contributed by atoms with E-state index >= 15 is 0 Å². The molecular formula is C21H23N3O2. The number of aliphatic hydroxyl groups is 1. The molecule has 1 atom stereocenters. The second-order valence-corrected chi connectivity index (χ2v) is 7.16. The Hall–Kier alpha value is -2.66. The molecule has 26 heavy (non-hydrogen) atoms. The predicted molar refractivity (Wildman–Crippen MR) is 101 cm³/mol. The minimum Gasteiger partial charge on any atom is -0.393 e. The number of para-hydroxylation sites is 1. The van der Waals surface area contributed by atoms with Crippen LogP contribution in [0.1, 0.15) is 28.9 Å². The van der Waals surface area contributed by atoms with E-state index in [-0.39, 0.29) is 24.0 Å². The minimum atomic E-state index is -0.249. The zero-order chi connectivity index (χ0) is 18.1. The molecule has 1 aromatic carbocycles. The monoisotopic (exact) mass is 349 g/mol. The van der Waals surface area contributed by atoms with Crippen LogP contribution in [0.3, 0.4) is 0 Å². The van der Waals surface area contributed by atoms with Crippen molar-refractivity contribution in [2.75, 3.05) is 0 Å². The molecule has 2 N–H and O–H groups in total. The van der Waals surface area contributed by atoms with Gasteiger partial charge in [0.2, 0.25) is 0 Å². The lowest BCUT2D eigenvalue weighted by Crippen LogP contribution is -2.48. The van der Waals surface area contributed by atoms with E-state index in [4.69, 9.17) is 0 Å². The number of hydrogen-bond acceptors (Lipinski definition) is 3. The van der Waals surface area contributed by atoms with E-state index < -0.39 is 0 Å². The van der Waals surface area contributed by atoms with Gasteiger partial charge in [0, 0.05) is 48.5 Å². The van der Waals surface area contributed by atoms with Crippen molar-refractivity contribution in [1.82, 2.24) is 14.9 Å². The summed E-state index contributed by atoms with van der Waals surface area (Å²) < 4.78 is 1.98. The van der Waals surface area contributed by atoms with E-state index in [0.717, 1.165) is 29.4 Å². The quantitative estimate of drug-likeness (QED) is 0.744. The number of aryl methyl sites for hydroxylation is 1. The number of carbonyl (C=O) groups excluding carboxylic acids is 1. The summed E-state index contributed by atoms with van der Waals surface area (Å²) >= 11 is 0. The Bertz CT molecular complexity index is 913. The maximum Gasteiger partial charge on any atom is 0.253 e. The van der Waals surface area contributed by atoms with Crippen molar-refractivity contribution in [3.63, 3.8) is 0 Å². The molecule has 0 bridgehead atoms. The number of aromatic nitrogens is 2. The normalized spacial score (nSPS) is 20.5. The number of fused-ring (bicyclic) bond motifs is 1. The van der Waals surface area contributed by atoms with Gasteiger partial charge in [-0.3, -0.25) is 9.78 Å². The van der Waals surface area contributed by atoms with Crippen molar-refractivity contribution in [2.24, 2.45) is 13.0 Å². The molecule has 2 heterocycles. The van der Waals surface area contributed by atoms with Crippen molar-refractivity contribution in [3.8, 4) is 0 Å². The number of aliphatic hydroxyl groups excluding tert-OH is 1. The standard InChI is InChI=1S/C21H23N3O2/c1-24-13-18(17-7-2-3-8-20(17)24)21(26)23-19(14-10-16(25)11-14)12-15-6-4-5-9-22-15/h2-9,13-14,16,19,25H,10-12H2,1H3,(H,23,26)/t14?,16?,19-/m1/s1. The summed E-state index contributed by atoms with van der Waals surface area (Å²) in [6, 6.07) is 13.7. The molecular weight excluding hydrogens is 326 g/mol. The second-order valence-electron chi connectivity index (χ2n) is 7.16. The molecule has 0 aliphatic heterocycles. The molecule has 1 aliphatic rings. The molecule has 0 radical (unpaired) electrons. The van der Waals surface area contributed by atoms with E-state index in [9.17, 15) is 9.90 Å². The number of nitrogens with one attached hydrogen (secondary N) is 1. The number of amides is 1. The van der Waals surface area contributed by atoms with Crippen LogP contribution in [0, 0.1) is 5.92 Å². The Morgan fingerprint density at radius 2 is 2.04 bits per heavy atom. The molecule has 1 saturated carbocycles. The first-order valence-corrected chi connectivity index (χ1v) is 9.04. The average Bonchev–Trinajstić information content (AvgIpc) is 2.97. The minimum absolute atomic E-state index is 0.0280. The van der Waals surface area contributed by atoms with Gasteiger partial charge in [0.15, 0.2) is 0 Å². The fourth-order valence-electron chi connectivity index (χ4n) is 3.81. The average molecular weight is 349 g/mol. The first-order chi connectivity index (χ1) is 12.6. The summed E-state index contributed by atoms with van der Waals surface area (Å²) in [6.07, 6.45) is 5.54. The third-order valence-corrected chi connectivity index (χ3v) is 5.33. The van der Waals surface area contributed by atoms with Crippen LogP contribution in [0.5, 0.6) is 0 Å². The maximum atomic E-state index is 13.0. The predicted octanol–water partition coefficient (Wildman–Crippen LogP) is 2.69. The van der Waals surface area contributed by atoms with Gasteiger partial charge in [-0.05, 0) is 37.0 Å². The lowest BCUT2D eigenvalue weighted by molar-refractivity contribution is 0.0238. The van der Waals surface area contributed by atoms with Gasteiger partial charge >= 0.3 is 0 Å². The Kier molecular flexibility index (Phi) is 4.47. The summed E-state index contributed by atoms with van der Waals surface area (Å²) in [5.41, 5.74) is 2.68. The molecule has 2 aromatic heterocycles. The van der Waals surface area contributed by atoms with Crippen LogP contribution in [-0.4, -0.2) is 32.7 Å². The highest BCUT2D eigenvalue weighted by Gasteiger charge is 2.35. The molecule has 0 unspecified atom stereocenters. The largest absolute Gasteiger partial charge is 0.393 e. The van der Waals surface area contributed by atoms with Crippen LogP contribution in [0.2, 0.25) is 0 Å². The highest BCUT2D eigenvalue weighted by atomic mass is 16.3. The van der Waals surface area contributed by atoms with Crippen molar-refractivity contribution in [1.29, 1.82) is 0 Å². The zero-order valence-electron chi connectivity index (χ0n) is 14.8. The SMILES string of the molecule is Cn1cc(C(=O)N[C@H](Cc2ccccn2)C2CC(O)C2)c2ccccc21. The third-order valence-electron chi connectivity index (χ3n) is 5.33. The number of nitrogens with zero attached hydrogens (tertiary/aromatic N) is 2. The fraction of sp³-hybridized carbons (Fsp3) is 0.333. The van der Waals surface area contributed by atoms with E-state index in [2.05, 4.69) is 10.3 Å². The Morgan fingerprint density at radius 1 is 1.27 bits per heavy atom. The molecule has 134 valence electrons. The zero-order valence-corrected chi connectivity index (χ0v) is 14.8. The lowest BCUT2D eigenvalue weighted by Gasteiger charge is -2.38. The second kappa shape index (κ2) is 6.92. The van der Waals surface area contributed by atoms with Crippen molar-refractivity contribution < 1.29 is 9.90 Å². The van der Waals surface area contributed by atoms with Crippen LogP contribution < -0.4 is 5.32 Å². The van der Waals surface area contributed by atoms with Gasteiger partial charge < -0.3 is 15.0 Å². The Labute approximate surface area is 152 Å². The first-order valence-electron chi connectivity index (χ1n) is 9.04. The fourth-order valence-corrected chi connectivity index (χ4v) is 3.81. The van der Waals surface area contributed by atoms with Crippen molar-refractivity contribution in [2.45, 2.75) is 31.4 Å². The summed E-state index contributed by atoms with van der Waals surface area (Å²) in [7, 11) is 1.95. The lowest BCUT2D eigenvalue weighted by atomic mass is 9.76. The molecule has 0 spiro atoms. The van der Waals surface area contributed by atoms with E-state index in [1.165, 1.54) is 0 Å². The molecule has 4 rings (SSSR count). The highest BCUT2D eigenvalue weighted by Crippen LogP contribution is 2.32. The number of carbonyl (C=O) groups is 1. The molecule has 5 heteroatoms. The third kappa shape index (κ3) is 3.22. The van der Waals surface area contributed by atoms with E-state index in [0.29, 0.717) is 12.0 Å². The van der Waals surface area contributed by atoms with E-state index in [1.807, 2.05) is 60.3 Å². The topological polar surface area (TPSA) is 67.2 Å². The van der Waals surface area contributed by atoms with Gasteiger partial charge in [0.1, 0.15) is 0 Å². The van der Waals surface area contributed by atoms with Crippen LogP contribution in [-0.2, 0) is 13.5 Å². The summed E-state index contributed by atoms with van der Waals surface area (Å²) in [5.74, 6) is 0.218. The first kappa shape index (κ1) is 16.8. The van der Waals surface area contributed by atoms with Gasteiger partial charge in [-0.1, -0.05) is 24.3 Å². The molecule has 1 amide bonds. The molecule has 1 fully saturated rings. The number of benzene rings is 1. The molecule has 0 saturated heterocycles. The van der Waals surface area contributed by atoms with Gasteiger partial charge in [-0.15, -0.1) is 0 Å². The maximum absolute atomic E-state index is 13.0. The smallest absolute Gasteiger partial charge is 0.253 e. The van der Waals surface area contributed by atoms with Crippen LogP contribution in [0.15, 0.2) is 54.9 Å². The molecule has 3 aromatic rings. The van der Waals surface area contributed by atoms with Crippen molar-refractivity contribution in [3.05, 3.63) is 66.1 Å². The Balaban J connectivity index is 1.57.